The molecule has 754 valence electrons. The number of benzene rings is 2. The Morgan fingerprint density at radius 1 is 0.466 bits per heavy atom. The number of imidazole rings is 2. The molecule has 12 atom stereocenters. The first-order chi connectivity index (χ1) is 59.2. The fraction of sp³-hybridized carbons (Fsp3) is 0.603. The quantitative estimate of drug-likeness (QED) is 0.00854. The zero-order chi connectivity index (χ0) is 102. The van der Waals surface area contributed by atoms with E-state index in [1.54, 1.807) is 133 Å². The van der Waals surface area contributed by atoms with E-state index in [1.807, 2.05) is 13.8 Å². The Balaban J connectivity index is -0.000000218. The first-order valence-electron chi connectivity index (χ1n) is 39.5. The summed E-state index contributed by atoms with van der Waals surface area (Å²) in [5, 5.41) is 35.9. The number of ether oxygens (including phenoxy) is 9. The number of hydrogen-bond donors (Lipinski definition) is 15. The molecule has 0 fully saturated rings. The average molecular weight is 2320 g/mol. The Kier molecular flexibility index (Phi) is 83.6. The molecule has 4 rings (SSSR count). The number of likely N-dealkylation sites (N-methyl/N-ethyl adjacent to an activating group) is 2. The number of phenols is 2. The number of halogens is 2. The van der Waals surface area contributed by atoms with Crippen molar-refractivity contribution in [1.82, 2.24) is 59.2 Å². The molecule has 58 heteroatoms. The van der Waals surface area contributed by atoms with Gasteiger partial charge in [-0.1, -0.05) is 38.1 Å². The Bertz CT molecular complexity index is 4200. The molecule has 131 heavy (non-hydrogen) atoms. The van der Waals surface area contributed by atoms with E-state index in [4.69, 9.17) is 71.5 Å². The molecule has 18 N–H and O–H groups in total. The maximum atomic E-state index is 12.6. The van der Waals surface area contributed by atoms with E-state index < -0.39 is 136 Å². The van der Waals surface area contributed by atoms with E-state index >= 15 is 0 Å². The van der Waals surface area contributed by atoms with Gasteiger partial charge in [0.25, 0.3) is 22.6 Å². The Morgan fingerprint density at radius 3 is 1.08 bits per heavy atom. The van der Waals surface area contributed by atoms with Gasteiger partial charge in [-0.2, -0.15) is 0 Å². The van der Waals surface area contributed by atoms with Crippen molar-refractivity contribution in [1.29, 1.82) is 0 Å². The molecule has 2 aromatic heterocycles. The molecule has 46 nitrogen and oxygen atoms in total. The molecule has 0 saturated heterocycles. The SMILES string of the molecule is CCCOC(=O)C(Cc1ccc(O)cc1)NP(C)(=O)O.CCCOC(=O)C(N)Cc1ccc(O)cc1.CCOC(=O)C(C)NC.CCOC(=O)C(C)NP(C)(=O)N(C)C(C)C(=O)OCC.CCOC(=O)C(C)NP(C)(=O)O.CCOC(=O)C(C)NP(C)(=O)n1ccnc1.CCOC(=O)[CH-]NP(C)(=O)N[CH-]C(=O)OCC.CP(=O)(Cl)Cl.CP(=O)(O)n1ccnc1.CP(N)(N)=O.[Pr].[Pr]. The van der Waals surface area contributed by atoms with Crippen LogP contribution >= 0.6 is 80.7 Å². The minimum Gasteiger partial charge on any atom is -0.508 e. The van der Waals surface area contributed by atoms with Crippen LogP contribution in [0.5, 0.6) is 11.5 Å². The molecular formula is C73H139Cl2N15O31P8Pr2-2. The van der Waals surface area contributed by atoms with Crippen molar-refractivity contribution < 1.29 is 230 Å². The number of aromatic nitrogens is 4. The van der Waals surface area contributed by atoms with Gasteiger partial charge in [-0.25, -0.2) is 48.1 Å². The van der Waals surface area contributed by atoms with E-state index in [0.717, 1.165) is 44.0 Å². The number of aromatic hydroxyl groups is 2. The predicted octanol–water partition coefficient (Wildman–Crippen LogP) is 8.70. The zero-order valence-electron chi connectivity index (χ0n) is 78.8. The topological polar surface area (TPSA) is 676 Å². The summed E-state index contributed by atoms with van der Waals surface area (Å²) in [5.74, 6) is -6.64. The summed E-state index contributed by atoms with van der Waals surface area (Å²) in [6.07, 6.45) is 10.9. The van der Waals surface area contributed by atoms with Gasteiger partial charge in [0, 0.05) is 161 Å². The fourth-order valence-corrected chi connectivity index (χ4v) is 14.2. The number of carbonyl (C=O) groups excluding carboxylic acids is 9. The fourth-order valence-electron chi connectivity index (χ4n) is 7.95. The summed E-state index contributed by atoms with van der Waals surface area (Å²) >= 11 is 9.70. The van der Waals surface area contributed by atoms with Crippen LogP contribution in [0.3, 0.4) is 0 Å². The van der Waals surface area contributed by atoms with E-state index in [0.29, 0.717) is 32.7 Å². The smallest absolute Gasteiger partial charge is 0.323 e. The Morgan fingerprint density at radius 2 is 0.779 bits per heavy atom. The third-order valence-corrected chi connectivity index (χ3v) is 22.4. The Hall–Kier alpha value is -3.98. The molecule has 12 unspecified atom stereocenters. The monoisotopic (exact) mass is 2320 g/mol. The number of nitrogens with two attached hydrogens (primary N) is 3. The van der Waals surface area contributed by atoms with Crippen LogP contribution < -0.4 is 52.6 Å². The van der Waals surface area contributed by atoms with Crippen molar-refractivity contribution in [2.45, 2.75) is 165 Å². The minimum absolute atomic E-state index is 0. The molecule has 0 saturated carbocycles. The van der Waals surface area contributed by atoms with Crippen LogP contribution in [-0.4, -0.2) is 271 Å². The summed E-state index contributed by atoms with van der Waals surface area (Å²) in [6.45, 7) is 38.7. The minimum atomic E-state index is -3.55. The number of nitrogens with one attached hydrogen (secondary N) is 7. The maximum Gasteiger partial charge on any atom is 0.323 e. The first kappa shape index (κ1) is 142. The summed E-state index contributed by atoms with van der Waals surface area (Å²) in [5.41, 5.74) is 16.7. The zero-order valence-corrected chi connectivity index (χ0v) is 94.9. The second-order valence-electron chi connectivity index (χ2n) is 26.9. The second-order valence-corrected chi connectivity index (χ2v) is 48.5. The Labute approximate surface area is 845 Å². The van der Waals surface area contributed by atoms with Gasteiger partial charge in [-0.15, -0.1) is 0 Å². The predicted molar refractivity (Wildman–Crippen MR) is 496 cm³/mol. The summed E-state index contributed by atoms with van der Waals surface area (Å²) in [6, 6.07) is 8.42. The van der Waals surface area contributed by atoms with E-state index in [-0.39, 0.29) is 158 Å². The van der Waals surface area contributed by atoms with Gasteiger partial charge >= 0.3 is 41.8 Å². The van der Waals surface area contributed by atoms with E-state index in [2.05, 4.69) is 71.0 Å². The number of esters is 9. The number of phenolic OH excluding ortho intramolecular Hbond substituents is 2. The molecule has 2 aromatic carbocycles. The van der Waals surface area contributed by atoms with Gasteiger partial charge in [0.1, 0.15) is 66.4 Å². The van der Waals surface area contributed by atoms with Crippen LogP contribution in [0.15, 0.2) is 86.0 Å². The van der Waals surface area contributed by atoms with Crippen LogP contribution in [0.1, 0.15) is 121 Å². The van der Waals surface area contributed by atoms with Crippen molar-refractivity contribution in [2.24, 2.45) is 16.7 Å². The van der Waals surface area contributed by atoms with Crippen molar-refractivity contribution in [3.63, 3.8) is 0 Å². The number of carbonyl (C=O) groups is 9. The molecule has 4 aromatic rings. The van der Waals surface area contributed by atoms with E-state index in [1.165, 1.54) is 104 Å². The standard InChI is InChI=1S/C13H20NO5P.C12H25N2O5P.C12H17NO3.C9H16N3O3P.C9H17N2O5P.C6H14NO4P.C6H13NO2.C4H7N2O2P.CH3Cl2OP.CH7N2OP.2Pr/c1-3-8-19-13(16)12(14-20(2,17)18)9-10-4-6-11(15)7-5-10;1-7-18-11(15)9(3)13-20(6,17)14(5)10(4)12(16)19-8-2;1-2-7-16-12(15)11(13)8-9-3-5-10(14)6-4-9;1-4-15-9(13)8(2)11-16(3,14)12-6-5-10-7-12;1-4-15-8(12)6-10-17(3,14)11-7-9(13)16-5-2;1-4-11-6(8)5(2)7-12(3,9)10;1-4-9-6(8)5(2)7-3;1-9(7,8)6-3-2-5-4-6;2*1-5(2,3)4;;/h4-7,12,15H,3,8-9H2,1-2H3,(H2,14,17,18);9-10H,7-8H2,1-6H3,(H,13,17);3-6,11,14H,2,7-8,13H2,1H3;5-8H,4H2,1-3H3,(H,11,14);6-7H,4-5H2,1-3H3,(H2,10,11,14);5H,4H2,1-3H3,(H2,7,9,10);5,7H,4H2,1-3H3;2-4H,1H3,(H,7,8);1H3;1H3,(H4,2,3,4);;/q;;;;-2;;;;;;;. The van der Waals surface area contributed by atoms with Crippen LogP contribution in [0.25, 0.3) is 0 Å². The van der Waals surface area contributed by atoms with Crippen molar-refractivity contribution >= 4 is 134 Å². The normalized spacial score (nSPS) is 14.4. The third kappa shape index (κ3) is 85.0. The molecule has 2 radical (unpaired) electrons. The molecule has 0 spiro atoms. The first-order valence-corrected chi connectivity index (χ1v) is 58.4. The van der Waals surface area contributed by atoms with Crippen LogP contribution in [-0.2, 0) is 135 Å². The van der Waals surface area contributed by atoms with Gasteiger partial charge < -0.3 is 88.8 Å². The number of nitrogens with zero attached hydrogens (tertiary/aromatic N) is 5. The number of hydrogen-bond acceptors (Lipinski definition) is 32. The number of rotatable bonds is 41. The summed E-state index contributed by atoms with van der Waals surface area (Å²) in [4.78, 5) is 136. The van der Waals surface area contributed by atoms with Crippen LogP contribution in [0.4, 0.5) is 0 Å². The molecule has 0 aliphatic rings. The molecule has 2 heterocycles. The third-order valence-electron chi connectivity index (χ3n) is 14.0. The second kappa shape index (κ2) is 76.9. The van der Waals surface area contributed by atoms with E-state index in [9.17, 15) is 89.7 Å². The van der Waals surface area contributed by atoms with Crippen LogP contribution in [0.2, 0.25) is 0 Å². The van der Waals surface area contributed by atoms with Gasteiger partial charge in [0.2, 0.25) is 28.2 Å². The van der Waals surface area contributed by atoms with Gasteiger partial charge in [-0.05, 0) is 181 Å². The summed E-state index contributed by atoms with van der Waals surface area (Å²) < 4.78 is 136. The van der Waals surface area contributed by atoms with Crippen molar-refractivity contribution in [3.8, 4) is 11.5 Å². The molecule has 0 aliphatic carbocycles. The largest absolute Gasteiger partial charge is 0.508 e. The van der Waals surface area contributed by atoms with Crippen LogP contribution in [0, 0.1) is 95.7 Å². The van der Waals surface area contributed by atoms with Gasteiger partial charge in [0.05, 0.1) is 59.5 Å². The molecule has 0 aliphatic heterocycles. The summed E-state index contributed by atoms with van der Waals surface area (Å²) in [7, 11) is -18.3. The van der Waals surface area contributed by atoms with Gasteiger partial charge in [0.15, 0.2) is 19.4 Å². The maximum absolute atomic E-state index is 12.6. The molecule has 0 amide bonds. The average Bonchev–Trinajstić information content (AvgIpc) is 1.84. The molecule has 0 bridgehead atoms. The molecular weight excluding hydrogens is 2180 g/mol. The van der Waals surface area contributed by atoms with Gasteiger partial charge in [-0.3, -0.25) is 99.4 Å². The van der Waals surface area contributed by atoms with Crippen molar-refractivity contribution in [2.75, 3.05) is 127 Å². The van der Waals surface area contributed by atoms with Crippen molar-refractivity contribution in [3.05, 3.63) is 110 Å².